The Balaban J connectivity index is 1.24. The Bertz CT molecular complexity index is 932. The highest BCUT2D eigenvalue weighted by molar-refractivity contribution is 6.09. The Morgan fingerprint density at radius 3 is 2.33 bits per heavy atom. The van der Waals surface area contributed by atoms with Crippen molar-refractivity contribution in [1.29, 1.82) is 0 Å². The zero-order chi connectivity index (χ0) is 20.7. The number of ketones is 1. The van der Waals surface area contributed by atoms with E-state index in [1.165, 1.54) is 35.3 Å². The molecular weight excluding hydrogens is 376 g/mol. The van der Waals surface area contributed by atoms with Gasteiger partial charge in [-0.15, -0.1) is 0 Å². The fourth-order valence-electron chi connectivity index (χ4n) is 7.68. The van der Waals surface area contributed by atoms with E-state index in [9.17, 15) is 14.4 Å². The van der Waals surface area contributed by atoms with E-state index in [2.05, 4.69) is 17.4 Å². The molecule has 1 aromatic rings. The zero-order valence-electron chi connectivity index (χ0n) is 17.7. The third kappa shape index (κ3) is 2.56. The second kappa shape index (κ2) is 6.18. The molecular formula is C25H30N2O3. The van der Waals surface area contributed by atoms with E-state index < -0.39 is 11.6 Å². The molecule has 5 aliphatic carbocycles. The first-order valence-electron chi connectivity index (χ1n) is 11.7. The lowest BCUT2D eigenvalue weighted by molar-refractivity contribution is -0.147. The normalized spacial score (nSPS) is 38.8. The molecule has 3 amide bonds. The molecule has 1 aliphatic heterocycles. The first-order chi connectivity index (χ1) is 14.4. The van der Waals surface area contributed by atoms with E-state index in [0.29, 0.717) is 17.8 Å². The number of nitrogens with one attached hydrogen (secondary N) is 1. The molecule has 5 nitrogen and oxygen atoms in total. The second-order valence-electron chi connectivity index (χ2n) is 10.9. The van der Waals surface area contributed by atoms with Crippen molar-refractivity contribution in [1.82, 2.24) is 10.2 Å². The summed E-state index contributed by atoms with van der Waals surface area (Å²) in [6, 6.07) is 5.70. The molecule has 0 aromatic heterocycles. The molecule has 4 bridgehead atoms. The fourth-order valence-corrected chi connectivity index (χ4v) is 7.68. The van der Waals surface area contributed by atoms with Crippen LogP contribution in [0.15, 0.2) is 18.2 Å². The van der Waals surface area contributed by atoms with Crippen molar-refractivity contribution >= 4 is 17.7 Å². The van der Waals surface area contributed by atoms with E-state index >= 15 is 0 Å². The Hall–Kier alpha value is -2.17. The Kier molecular flexibility index (Phi) is 3.83. The topological polar surface area (TPSA) is 66.5 Å². The minimum absolute atomic E-state index is 0.0721. The molecule has 1 heterocycles. The van der Waals surface area contributed by atoms with E-state index in [1.807, 2.05) is 6.07 Å². The van der Waals surface area contributed by atoms with Crippen molar-refractivity contribution in [3.63, 3.8) is 0 Å². The predicted molar refractivity (Wildman–Crippen MR) is 112 cm³/mol. The number of aryl methyl sites for hydroxylation is 2. The largest absolute Gasteiger partial charge is 0.325 e. The van der Waals surface area contributed by atoms with Crippen LogP contribution in [0.2, 0.25) is 0 Å². The maximum atomic E-state index is 13.5. The quantitative estimate of drug-likeness (QED) is 0.775. The smallest absolute Gasteiger partial charge is 0.319 e. The lowest BCUT2D eigenvalue weighted by atomic mass is 9.48. The maximum Gasteiger partial charge on any atom is 0.325 e. The van der Waals surface area contributed by atoms with Crippen LogP contribution in [0.4, 0.5) is 4.79 Å². The molecule has 0 unspecified atom stereocenters. The Morgan fingerprint density at radius 1 is 1.03 bits per heavy atom. The highest BCUT2D eigenvalue weighted by atomic mass is 16.2. The number of urea groups is 1. The Morgan fingerprint density at radius 2 is 1.67 bits per heavy atom. The minimum atomic E-state index is -1.09. The lowest BCUT2D eigenvalue weighted by Gasteiger charge is -2.56. The number of rotatable bonds is 4. The summed E-state index contributed by atoms with van der Waals surface area (Å²) in [6.07, 6.45) is 9.94. The first kappa shape index (κ1) is 18.6. The minimum Gasteiger partial charge on any atom is -0.319 e. The molecule has 1 saturated heterocycles. The van der Waals surface area contributed by atoms with Crippen molar-refractivity contribution < 1.29 is 14.4 Å². The van der Waals surface area contributed by atoms with Crippen molar-refractivity contribution in [2.45, 2.75) is 70.3 Å². The average Bonchev–Trinajstić information content (AvgIpc) is 3.25. The van der Waals surface area contributed by atoms with Crippen LogP contribution in [0.1, 0.15) is 68.6 Å². The fraction of sp³-hybridized carbons (Fsp3) is 0.640. The molecule has 1 aromatic carbocycles. The van der Waals surface area contributed by atoms with Gasteiger partial charge in [-0.2, -0.15) is 0 Å². The molecule has 0 spiro atoms. The summed E-state index contributed by atoms with van der Waals surface area (Å²) >= 11 is 0. The summed E-state index contributed by atoms with van der Waals surface area (Å²) in [6.45, 7) is 1.70. The van der Waals surface area contributed by atoms with Crippen LogP contribution in [0.5, 0.6) is 0 Å². The van der Waals surface area contributed by atoms with Crippen molar-refractivity contribution in [3.8, 4) is 0 Å². The van der Waals surface area contributed by atoms with Gasteiger partial charge in [-0.25, -0.2) is 4.79 Å². The standard InChI is InChI=1S/C25H30N2O3/c1-24(20-6-5-18-3-2-4-19(18)10-20)22(29)27(23(30)26-24)14-21(28)25-11-15-7-16(12-25)9-17(8-15)13-25/h5-6,10,15-17H,2-4,7-9,11-14H2,1H3,(H,26,30)/t15?,16?,17?,24-,25?/m1/s1. The van der Waals surface area contributed by atoms with Gasteiger partial charge in [0.1, 0.15) is 5.54 Å². The number of imide groups is 1. The van der Waals surface area contributed by atoms with Gasteiger partial charge in [0.05, 0.1) is 6.54 Å². The van der Waals surface area contributed by atoms with Gasteiger partial charge in [-0.3, -0.25) is 14.5 Å². The number of carbonyl (C=O) groups excluding carboxylic acids is 3. The van der Waals surface area contributed by atoms with Crippen molar-refractivity contribution in [2.24, 2.45) is 23.2 Å². The molecule has 1 atom stereocenters. The van der Waals surface area contributed by atoms with Crippen LogP contribution in [-0.4, -0.2) is 29.2 Å². The van der Waals surface area contributed by atoms with Gasteiger partial charge in [-0.05, 0) is 99.2 Å². The van der Waals surface area contributed by atoms with Gasteiger partial charge in [0.15, 0.2) is 5.78 Å². The lowest BCUT2D eigenvalue weighted by Crippen LogP contribution is -2.53. The molecule has 5 fully saturated rings. The van der Waals surface area contributed by atoms with Crippen LogP contribution in [0, 0.1) is 23.2 Å². The number of carbonyl (C=O) groups is 3. The number of Topliss-reactive ketones (excluding diaryl/α,β-unsaturated/α-hetero) is 1. The van der Waals surface area contributed by atoms with Crippen LogP contribution < -0.4 is 5.32 Å². The Labute approximate surface area is 177 Å². The van der Waals surface area contributed by atoms with Crippen LogP contribution in [0.3, 0.4) is 0 Å². The molecule has 158 valence electrons. The van der Waals surface area contributed by atoms with Gasteiger partial charge >= 0.3 is 6.03 Å². The van der Waals surface area contributed by atoms with E-state index in [4.69, 9.17) is 0 Å². The van der Waals surface area contributed by atoms with Gasteiger partial charge in [0, 0.05) is 5.41 Å². The molecule has 1 N–H and O–H groups in total. The summed E-state index contributed by atoms with van der Waals surface area (Å²) in [4.78, 5) is 40.9. The van der Waals surface area contributed by atoms with Gasteiger partial charge in [-0.1, -0.05) is 18.2 Å². The number of fused-ring (bicyclic) bond motifs is 1. The van der Waals surface area contributed by atoms with Crippen molar-refractivity contribution in [3.05, 3.63) is 34.9 Å². The molecule has 6 aliphatic rings. The van der Waals surface area contributed by atoms with Gasteiger partial charge < -0.3 is 5.32 Å². The van der Waals surface area contributed by atoms with Crippen LogP contribution >= 0.6 is 0 Å². The molecule has 4 saturated carbocycles. The predicted octanol–water partition coefficient (Wildman–Crippen LogP) is 3.73. The van der Waals surface area contributed by atoms with Crippen LogP contribution in [0.25, 0.3) is 0 Å². The number of hydrogen-bond donors (Lipinski definition) is 1. The van der Waals surface area contributed by atoms with Crippen LogP contribution in [-0.2, 0) is 28.0 Å². The maximum absolute atomic E-state index is 13.5. The highest BCUT2D eigenvalue weighted by Crippen LogP contribution is 2.60. The summed E-state index contributed by atoms with van der Waals surface area (Å²) < 4.78 is 0. The zero-order valence-corrected chi connectivity index (χ0v) is 17.7. The second-order valence-corrected chi connectivity index (χ2v) is 10.9. The highest BCUT2D eigenvalue weighted by Gasteiger charge is 2.56. The monoisotopic (exact) mass is 406 g/mol. The van der Waals surface area contributed by atoms with Gasteiger partial charge in [0.2, 0.25) is 0 Å². The van der Waals surface area contributed by atoms with E-state index in [0.717, 1.165) is 44.1 Å². The van der Waals surface area contributed by atoms with Crippen molar-refractivity contribution in [2.75, 3.05) is 6.54 Å². The summed E-state index contributed by atoms with van der Waals surface area (Å²) in [5.41, 5.74) is 2.07. The van der Waals surface area contributed by atoms with E-state index in [1.54, 1.807) is 6.92 Å². The summed E-state index contributed by atoms with van der Waals surface area (Å²) in [5.74, 6) is 1.83. The molecule has 0 radical (unpaired) electrons. The average molecular weight is 407 g/mol. The third-order valence-electron chi connectivity index (χ3n) is 8.88. The molecule has 30 heavy (non-hydrogen) atoms. The number of amides is 3. The number of benzene rings is 1. The van der Waals surface area contributed by atoms with E-state index in [-0.39, 0.29) is 23.7 Å². The first-order valence-corrected chi connectivity index (χ1v) is 11.7. The van der Waals surface area contributed by atoms with Gasteiger partial charge in [0.25, 0.3) is 5.91 Å². The number of nitrogens with zero attached hydrogens (tertiary/aromatic N) is 1. The number of hydrogen-bond acceptors (Lipinski definition) is 3. The summed E-state index contributed by atoms with van der Waals surface area (Å²) in [5, 5.41) is 2.90. The molecule has 7 rings (SSSR count). The third-order valence-corrected chi connectivity index (χ3v) is 8.88. The summed E-state index contributed by atoms with van der Waals surface area (Å²) in [7, 11) is 0. The SMILES string of the molecule is C[C@]1(c2ccc3c(c2)CCC3)NC(=O)N(CC(=O)C23CC4CC(CC(C4)C2)C3)C1=O. The molecule has 5 heteroatoms.